The first-order chi connectivity index (χ1) is 20.5. The Morgan fingerprint density at radius 1 is 1.21 bits per heavy atom. The number of aliphatic hydroxyl groups is 1. The van der Waals surface area contributed by atoms with E-state index in [0.29, 0.717) is 66.9 Å². The second kappa shape index (κ2) is 14.7. The number of fused-ring (bicyclic) bond motifs is 1. The second-order valence-electron chi connectivity index (χ2n) is 11.5. The highest BCUT2D eigenvalue weighted by molar-refractivity contribution is 5.91. The molecule has 0 bridgehead atoms. The van der Waals surface area contributed by atoms with Gasteiger partial charge in [0.15, 0.2) is 5.76 Å². The number of urea groups is 1. The molecular weight excluding hydrogens is 556 g/mol. The molecule has 3 atom stereocenters. The number of aryl methyl sites for hydroxylation is 2. The van der Waals surface area contributed by atoms with Crippen LogP contribution >= 0.6 is 0 Å². The van der Waals surface area contributed by atoms with Crippen LogP contribution in [0.5, 0.6) is 5.75 Å². The van der Waals surface area contributed by atoms with E-state index in [2.05, 4.69) is 20.7 Å². The number of carbonyl (C=O) groups excluding carboxylic acids is 3. The van der Waals surface area contributed by atoms with Gasteiger partial charge in [0, 0.05) is 56.8 Å². The molecule has 0 spiro atoms. The second-order valence-corrected chi connectivity index (χ2v) is 11.5. The van der Waals surface area contributed by atoms with Crippen molar-refractivity contribution in [3.05, 3.63) is 35.2 Å². The van der Waals surface area contributed by atoms with Gasteiger partial charge < -0.3 is 39.5 Å². The van der Waals surface area contributed by atoms with E-state index < -0.39 is 12.1 Å². The molecule has 2 aliphatic heterocycles. The number of aromatic nitrogens is 1. The van der Waals surface area contributed by atoms with Crippen LogP contribution in [-0.2, 0) is 20.7 Å². The molecule has 0 aliphatic carbocycles. The van der Waals surface area contributed by atoms with Gasteiger partial charge in [-0.15, -0.1) is 0 Å². The van der Waals surface area contributed by atoms with Gasteiger partial charge in [-0.1, -0.05) is 12.1 Å². The van der Waals surface area contributed by atoms with Gasteiger partial charge in [0.1, 0.15) is 23.2 Å². The van der Waals surface area contributed by atoms with Crippen LogP contribution in [-0.4, -0.2) is 115 Å². The molecule has 1 saturated heterocycles. The fraction of sp³-hybridized carbons (Fsp3) is 0.600. The van der Waals surface area contributed by atoms with E-state index in [1.807, 2.05) is 6.92 Å². The number of hydrogen-bond donors (Lipinski definition) is 3. The number of nitrogens with one attached hydrogen (secondary N) is 2. The van der Waals surface area contributed by atoms with E-state index in [1.165, 1.54) is 4.90 Å². The Hall–Kier alpha value is -3.68. The standard InChI is InChI=1S/C30H44N6O7/c1-19-16-36(20(2)18-37)28(39)15-23-14-24(31-27(38)8-9-35-10-12-41-13-11-35)6-7-25(23)42-26(19)17-34(5)30(40)32-29-21(3)33-43-22(29)4/h6-7,14,19-20,26,37H,8-13,15-18H2,1-5H3,(H,31,38)(H,32,40)/t19-,20+,26+/m1/s1. The summed E-state index contributed by atoms with van der Waals surface area (Å²) >= 11 is 0. The molecule has 43 heavy (non-hydrogen) atoms. The number of likely N-dealkylation sites (N-methyl/N-ethyl adjacent to an activating group) is 1. The summed E-state index contributed by atoms with van der Waals surface area (Å²) in [5.41, 5.74) is 2.30. The summed E-state index contributed by atoms with van der Waals surface area (Å²) in [6.07, 6.45) is -0.0951. The minimum Gasteiger partial charge on any atom is -0.488 e. The van der Waals surface area contributed by atoms with Crippen LogP contribution in [0.25, 0.3) is 0 Å². The lowest BCUT2D eigenvalue weighted by molar-refractivity contribution is -0.134. The Morgan fingerprint density at radius 2 is 1.95 bits per heavy atom. The minimum atomic E-state index is -0.479. The van der Waals surface area contributed by atoms with Gasteiger partial charge in [0.05, 0.1) is 38.8 Å². The van der Waals surface area contributed by atoms with E-state index in [1.54, 1.807) is 50.9 Å². The maximum atomic E-state index is 13.5. The van der Waals surface area contributed by atoms with Crippen LogP contribution in [0.4, 0.5) is 16.2 Å². The van der Waals surface area contributed by atoms with Crippen LogP contribution < -0.4 is 15.4 Å². The van der Waals surface area contributed by atoms with E-state index in [-0.39, 0.29) is 43.3 Å². The first-order valence-corrected chi connectivity index (χ1v) is 14.8. The molecule has 4 amide bonds. The first kappa shape index (κ1) is 32.2. The molecule has 236 valence electrons. The number of rotatable bonds is 9. The Bertz CT molecular complexity index is 1260. The Balaban J connectivity index is 1.51. The number of amides is 4. The molecule has 0 unspecified atom stereocenters. The molecule has 4 rings (SSSR count). The third kappa shape index (κ3) is 8.46. The van der Waals surface area contributed by atoms with Gasteiger partial charge in [-0.05, 0) is 39.0 Å². The lowest BCUT2D eigenvalue weighted by Gasteiger charge is -2.34. The molecule has 0 saturated carbocycles. The summed E-state index contributed by atoms with van der Waals surface area (Å²) in [7, 11) is 1.67. The molecule has 1 aromatic carbocycles. The Kier molecular flexibility index (Phi) is 11.0. The van der Waals surface area contributed by atoms with E-state index in [0.717, 1.165) is 13.1 Å². The van der Waals surface area contributed by atoms with Gasteiger partial charge in [-0.3, -0.25) is 14.5 Å². The van der Waals surface area contributed by atoms with Crippen LogP contribution in [0.2, 0.25) is 0 Å². The van der Waals surface area contributed by atoms with Crippen molar-refractivity contribution in [2.24, 2.45) is 5.92 Å². The maximum Gasteiger partial charge on any atom is 0.321 e. The first-order valence-electron chi connectivity index (χ1n) is 14.8. The van der Waals surface area contributed by atoms with Crippen molar-refractivity contribution in [1.29, 1.82) is 0 Å². The van der Waals surface area contributed by atoms with Crippen molar-refractivity contribution >= 4 is 29.2 Å². The summed E-state index contributed by atoms with van der Waals surface area (Å²) < 4.78 is 17.0. The third-order valence-electron chi connectivity index (χ3n) is 8.02. The highest BCUT2D eigenvalue weighted by Crippen LogP contribution is 2.29. The lowest BCUT2D eigenvalue weighted by Crippen LogP contribution is -2.48. The smallest absolute Gasteiger partial charge is 0.321 e. The highest BCUT2D eigenvalue weighted by Gasteiger charge is 2.32. The minimum absolute atomic E-state index is 0.0406. The SMILES string of the molecule is Cc1noc(C)c1NC(=O)N(C)C[C@@H]1Oc2ccc(NC(=O)CCN3CCOCC3)cc2CC(=O)N([C@@H](C)CO)C[C@H]1C. The fourth-order valence-corrected chi connectivity index (χ4v) is 5.25. The number of ether oxygens (including phenoxy) is 2. The van der Waals surface area contributed by atoms with Gasteiger partial charge in [-0.2, -0.15) is 0 Å². The van der Waals surface area contributed by atoms with E-state index in [9.17, 15) is 19.5 Å². The molecular formula is C30H44N6O7. The molecule has 13 heteroatoms. The van der Waals surface area contributed by atoms with Gasteiger partial charge >= 0.3 is 6.03 Å². The lowest BCUT2D eigenvalue weighted by atomic mass is 10.0. The predicted octanol–water partition coefficient (Wildman–Crippen LogP) is 2.27. The molecule has 1 aromatic heterocycles. The van der Waals surface area contributed by atoms with Crippen molar-refractivity contribution in [1.82, 2.24) is 19.9 Å². The average Bonchev–Trinajstić information content (AvgIpc) is 3.32. The topological polar surface area (TPSA) is 150 Å². The van der Waals surface area contributed by atoms with Crippen LogP contribution in [0.1, 0.15) is 37.3 Å². The predicted molar refractivity (Wildman–Crippen MR) is 160 cm³/mol. The Morgan fingerprint density at radius 3 is 2.63 bits per heavy atom. The third-order valence-corrected chi connectivity index (χ3v) is 8.02. The number of carbonyl (C=O) groups is 3. The number of aliphatic hydroxyl groups excluding tert-OH is 1. The average molecular weight is 601 g/mol. The summed E-state index contributed by atoms with van der Waals surface area (Å²) in [6.45, 7) is 11.2. The van der Waals surface area contributed by atoms with Crippen LogP contribution in [0.3, 0.4) is 0 Å². The number of hydrogen-bond acceptors (Lipinski definition) is 9. The quantitative estimate of drug-likeness (QED) is 0.394. The Labute approximate surface area is 252 Å². The zero-order valence-corrected chi connectivity index (χ0v) is 25.7. The fourth-order valence-electron chi connectivity index (χ4n) is 5.25. The van der Waals surface area contributed by atoms with Crippen molar-refractivity contribution in [2.75, 3.05) is 70.2 Å². The maximum absolute atomic E-state index is 13.5. The van der Waals surface area contributed by atoms with Crippen molar-refractivity contribution < 1.29 is 33.5 Å². The largest absolute Gasteiger partial charge is 0.488 e. The van der Waals surface area contributed by atoms with Gasteiger partial charge in [0.2, 0.25) is 11.8 Å². The van der Waals surface area contributed by atoms with E-state index >= 15 is 0 Å². The zero-order valence-electron chi connectivity index (χ0n) is 25.7. The summed E-state index contributed by atoms with van der Waals surface area (Å²) in [4.78, 5) is 44.7. The van der Waals surface area contributed by atoms with Gasteiger partial charge in [-0.25, -0.2) is 4.79 Å². The monoisotopic (exact) mass is 600 g/mol. The van der Waals surface area contributed by atoms with Crippen LogP contribution in [0.15, 0.2) is 22.7 Å². The number of morpholine rings is 1. The number of benzene rings is 1. The number of nitrogens with zero attached hydrogens (tertiary/aromatic N) is 4. The molecule has 1 fully saturated rings. The van der Waals surface area contributed by atoms with Crippen molar-refractivity contribution in [2.45, 2.75) is 52.7 Å². The highest BCUT2D eigenvalue weighted by atomic mass is 16.5. The van der Waals surface area contributed by atoms with Gasteiger partial charge in [0.25, 0.3) is 0 Å². The molecule has 0 radical (unpaired) electrons. The van der Waals surface area contributed by atoms with Crippen molar-refractivity contribution in [3.8, 4) is 5.75 Å². The molecule has 3 heterocycles. The zero-order chi connectivity index (χ0) is 31.1. The summed E-state index contributed by atoms with van der Waals surface area (Å²) in [6, 6.07) is 4.53. The van der Waals surface area contributed by atoms with E-state index in [4.69, 9.17) is 14.0 Å². The molecule has 2 aliphatic rings. The summed E-state index contributed by atoms with van der Waals surface area (Å²) in [5.74, 6) is 0.567. The molecule has 2 aromatic rings. The van der Waals surface area contributed by atoms with Crippen LogP contribution in [0, 0.1) is 19.8 Å². The summed E-state index contributed by atoms with van der Waals surface area (Å²) in [5, 5.41) is 19.6. The molecule has 3 N–H and O–H groups in total. The van der Waals surface area contributed by atoms with Crippen molar-refractivity contribution in [3.63, 3.8) is 0 Å². The molecule has 13 nitrogen and oxygen atoms in total. The number of anilines is 2. The normalized spacial score (nSPS) is 20.2.